The summed E-state index contributed by atoms with van der Waals surface area (Å²) in [7, 11) is 4.12. The largest absolute Gasteiger partial charge is 0.369 e. The lowest BCUT2D eigenvalue weighted by Gasteiger charge is -2.10. The molecule has 1 rings (SSSR count). The van der Waals surface area contributed by atoms with Gasteiger partial charge in [0, 0.05) is 19.3 Å². The van der Waals surface area contributed by atoms with Crippen LogP contribution >= 0.6 is 0 Å². The van der Waals surface area contributed by atoms with E-state index in [1.165, 1.54) is 5.56 Å². The fourth-order valence-corrected chi connectivity index (χ4v) is 0.980. The van der Waals surface area contributed by atoms with Gasteiger partial charge in [-0.15, -0.1) is 0 Å². The van der Waals surface area contributed by atoms with Crippen molar-refractivity contribution < 1.29 is 0 Å². The number of hydrogen-bond donors (Lipinski definition) is 1. The summed E-state index contributed by atoms with van der Waals surface area (Å²) in [4.78, 5) is 6.39. The Labute approximate surface area is 79.8 Å². The lowest BCUT2D eigenvalue weighted by molar-refractivity contribution is 0.425. The number of pyridine rings is 1. The molecular formula is C10H17N3. The number of nitrogens with zero attached hydrogens (tertiary/aromatic N) is 2. The second kappa shape index (κ2) is 4.82. The van der Waals surface area contributed by atoms with Crippen molar-refractivity contribution in [1.29, 1.82) is 0 Å². The summed E-state index contributed by atoms with van der Waals surface area (Å²) in [5, 5.41) is 3.25. The van der Waals surface area contributed by atoms with Crippen LogP contribution in [0.4, 0.5) is 5.82 Å². The SMILES string of the molecule is Cc1ccc(NCCN(C)C)nc1. The molecule has 3 nitrogen and oxygen atoms in total. The lowest BCUT2D eigenvalue weighted by atomic mass is 10.3. The molecule has 1 aromatic heterocycles. The Morgan fingerprint density at radius 2 is 2.15 bits per heavy atom. The number of likely N-dealkylation sites (N-methyl/N-ethyl adjacent to an activating group) is 1. The molecule has 0 radical (unpaired) electrons. The van der Waals surface area contributed by atoms with Crippen LogP contribution in [0.1, 0.15) is 5.56 Å². The van der Waals surface area contributed by atoms with E-state index in [9.17, 15) is 0 Å². The predicted octanol–water partition coefficient (Wildman–Crippen LogP) is 1.36. The summed E-state index contributed by atoms with van der Waals surface area (Å²) >= 11 is 0. The number of hydrogen-bond acceptors (Lipinski definition) is 3. The number of anilines is 1. The zero-order valence-electron chi connectivity index (χ0n) is 8.54. The average Bonchev–Trinajstić information content (AvgIpc) is 2.08. The molecule has 0 aliphatic heterocycles. The Balaban J connectivity index is 2.33. The van der Waals surface area contributed by atoms with Crippen molar-refractivity contribution in [3.63, 3.8) is 0 Å². The molecule has 1 N–H and O–H groups in total. The van der Waals surface area contributed by atoms with Crippen LogP contribution in [-0.2, 0) is 0 Å². The van der Waals surface area contributed by atoms with Crippen LogP contribution in [0.25, 0.3) is 0 Å². The molecule has 0 bridgehead atoms. The van der Waals surface area contributed by atoms with E-state index >= 15 is 0 Å². The van der Waals surface area contributed by atoms with E-state index in [1.54, 1.807) is 0 Å². The van der Waals surface area contributed by atoms with Gasteiger partial charge in [-0.3, -0.25) is 0 Å². The van der Waals surface area contributed by atoms with Crippen LogP contribution in [0, 0.1) is 6.92 Å². The molecule has 72 valence electrons. The number of rotatable bonds is 4. The van der Waals surface area contributed by atoms with Gasteiger partial charge in [0.25, 0.3) is 0 Å². The molecule has 0 spiro atoms. The van der Waals surface area contributed by atoms with Crippen LogP contribution in [0.3, 0.4) is 0 Å². The lowest BCUT2D eigenvalue weighted by Crippen LogP contribution is -2.21. The van der Waals surface area contributed by atoms with Crippen LogP contribution in [0.15, 0.2) is 18.3 Å². The van der Waals surface area contributed by atoms with Gasteiger partial charge in [0.15, 0.2) is 0 Å². The van der Waals surface area contributed by atoms with Gasteiger partial charge in [-0.05, 0) is 32.6 Å². The number of aryl methyl sites for hydroxylation is 1. The van der Waals surface area contributed by atoms with E-state index in [4.69, 9.17) is 0 Å². The van der Waals surface area contributed by atoms with Crippen molar-refractivity contribution in [3.8, 4) is 0 Å². The van der Waals surface area contributed by atoms with Crippen LogP contribution in [0.2, 0.25) is 0 Å². The Kier molecular flexibility index (Phi) is 3.71. The van der Waals surface area contributed by atoms with Gasteiger partial charge < -0.3 is 10.2 Å². The Bertz CT molecular complexity index is 241. The quantitative estimate of drug-likeness (QED) is 0.756. The molecule has 0 aliphatic carbocycles. The molecule has 0 fully saturated rings. The first-order valence-electron chi connectivity index (χ1n) is 4.50. The second-order valence-electron chi connectivity index (χ2n) is 3.45. The van der Waals surface area contributed by atoms with E-state index in [0.29, 0.717) is 0 Å². The van der Waals surface area contributed by atoms with Crippen molar-refractivity contribution in [3.05, 3.63) is 23.9 Å². The first kappa shape index (κ1) is 9.99. The number of nitrogens with one attached hydrogen (secondary N) is 1. The maximum Gasteiger partial charge on any atom is 0.125 e. The van der Waals surface area contributed by atoms with E-state index in [1.807, 2.05) is 19.2 Å². The molecule has 13 heavy (non-hydrogen) atoms. The molecule has 0 saturated carbocycles. The predicted molar refractivity (Wildman–Crippen MR) is 56.0 cm³/mol. The Morgan fingerprint density at radius 1 is 1.38 bits per heavy atom. The minimum atomic E-state index is 0.934. The second-order valence-corrected chi connectivity index (χ2v) is 3.45. The first-order chi connectivity index (χ1) is 6.18. The molecular weight excluding hydrogens is 162 g/mol. The summed E-state index contributed by atoms with van der Waals surface area (Å²) < 4.78 is 0. The zero-order valence-corrected chi connectivity index (χ0v) is 8.54. The molecule has 1 aromatic rings. The summed E-state index contributed by atoms with van der Waals surface area (Å²) in [5.74, 6) is 0.951. The summed E-state index contributed by atoms with van der Waals surface area (Å²) in [6, 6.07) is 4.07. The van der Waals surface area contributed by atoms with Crippen molar-refractivity contribution in [2.24, 2.45) is 0 Å². The topological polar surface area (TPSA) is 28.2 Å². The van der Waals surface area contributed by atoms with Gasteiger partial charge in [-0.1, -0.05) is 6.07 Å². The number of aromatic nitrogens is 1. The fourth-order valence-electron chi connectivity index (χ4n) is 0.980. The van der Waals surface area contributed by atoms with Crippen LogP contribution < -0.4 is 5.32 Å². The minimum absolute atomic E-state index is 0.934. The maximum atomic E-state index is 4.25. The van der Waals surface area contributed by atoms with Gasteiger partial charge in [0.2, 0.25) is 0 Å². The average molecular weight is 179 g/mol. The van der Waals surface area contributed by atoms with E-state index in [0.717, 1.165) is 18.9 Å². The normalized spacial score (nSPS) is 10.5. The van der Waals surface area contributed by atoms with Crippen molar-refractivity contribution >= 4 is 5.82 Å². The highest BCUT2D eigenvalue weighted by Gasteiger charge is 1.92. The highest BCUT2D eigenvalue weighted by atomic mass is 15.1. The smallest absolute Gasteiger partial charge is 0.125 e. The van der Waals surface area contributed by atoms with Crippen molar-refractivity contribution in [2.75, 3.05) is 32.5 Å². The molecule has 0 saturated heterocycles. The van der Waals surface area contributed by atoms with E-state index < -0.39 is 0 Å². The third-order valence-electron chi connectivity index (χ3n) is 1.78. The van der Waals surface area contributed by atoms with Gasteiger partial charge >= 0.3 is 0 Å². The molecule has 0 aromatic carbocycles. The third kappa shape index (κ3) is 3.90. The van der Waals surface area contributed by atoms with Gasteiger partial charge in [0.05, 0.1) is 0 Å². The standard InChI is InChI=1S/C10H17N3/c1-9-4-5-10(12-8-9)11-6-7-13(2)3/h4-5,8H,6-7H2,1-3H3,(H,11,12). The van der Waals surface area contributed by atoms with Crippen LogP contribution in [0.5, 0.6) is 0 Å². The molecule has 0 aliphatic rings. The van der Waals surface area contributed by atoms with E-state index in [-0.39, 0.29) is 0 Å². The van der Waals surface area contributed by atoms with E-state index in [2.05, 4.69) is 35.4 Å². The zero-order chi connectivity index (χ0) is 9.68. The van der Waals surface area contributed by atoms with Gasteiger partial charge in [0.1, 0.15) is 5.82 Å². The third-order valence-corrected chi connectivity index (χ3v) is 1.78. The highest BCUT2D eigenvalue weighted by Crippen LogP contribution is 2.02. The summed E-state index contributed by atoms with van der Waals surface area (Å²) in [5.41, 5.74) is 1.19. The van der Waals surface area contributed by atoms with Crippen molar-refractivity contribution in [2.45, 2.75) is 6.92 Å². The molecule has 1 heterocycles. The Morgan fingerprint density at radius 3 is 2.69 bits per heavy atom. The highest BCUT2D eigenvalue weighted by molar-refractivity contribution is 5.34. The van der Waals surface area contributed by atoms with Gasteiger partial charge in [-0.2, -0.15) is 0 Å². The summed E-state index contributed by atoms with van der Waals surface area (Å²) in [6.45, 7) is 4.00. The molecule has 0 amide bonds. The monoisotopic (exact) mass is 179 g/mol. The molecule has 0 unspecified atom stereocenters. The minimum Gasteiger partial charge on any atom is -0.369 e. The van der Waals surface area contributed by atoms with Crippen LogP contribution in [-0.4, -0.2) is 37.1 Å². The van der Waals surface area contributed by atoms with Gasteiger partial charge in [-0.25, -0.2) is 4.98 Å². The molecule has 0 atom stereocenters. The maximum absolute atomic E-state index is 4.25. The summed E-state index contributed by atoms with van der Waals surface area (Å²) in [6.07, 6.45) is 1.87. The Hall–Kier alpha value is -1.09. The first-order valence-corrected chi connectivity index (χ1v) is 4.50. The molecule has 3 heteroatoms. The van der Waals surface area contributed by atoms with Crippen molar-refractivity contribution in [1.82, 2.24) is 9.88 Å². The fraction of sp³-hybridized carbons (Fsp3) is 0.500.